The summed E-state index contributed by atoms with van der Waals surface area (Å²) in [5, 5.41) is 0. The Balaban J connectivity index is 4.28. The first kappa shape index (κ1) is 62.4. The van der Waals surface area contributed by atoms with Crippen LogP contribution in [-0.2, 0) is 28.6 Å². The predicted octanol–water partition coefficient (Wildman–Crippen LogP) is 19.2. The summed E-state index contributed by atoms with van der Waals surface area (Å²) in [6, 6.07) is 0. The molecule has 0 aromatic rings. The van der Waals surface area contributed by atoms with Gasteiger partial charge < -0.3 is 14.2 Å². The maximum Gasteiger partial charge on any atom is 0.306 e. The third-order valence-electron chi connectivity index (χ3n) is 13.4. The highest BCUT2D eigenvalue weighted by atomic mass is 16.6. The summed E-state index contributed by atoms with van der Waals surface area (Å²) in [5.74, 6) is -0.831. The summed E-state index contributed by atoms with van der Waals surface area (Å²) in [6.07, 6.45) is 59.5. The molecule has 6 nitrogen and oxygen atoms in total. The van der Waals surface area contributed by atoms with Crippen LogP contribution in [0.3, 0.4) is 0 Å². The standard InChI is InChI=1S/C58H112O6/c1-4-7-10-13-16-19-22-25-27-29-31-34-37-40-43-46-49-52-58(61)64-55(53-62-56(59)50-47-44-41-38-35-32-24-21-18-15-12-9-6-3)54-63-57(60)51-48-45-42-39-36-33-30-28-26-23-20-17-14-11-8-5-2/h55H,4-54H2,1-3H3/t55-/m1/s1. The number of unbranched alkanes of at least 4 members (excludes halogenated alkanes) is 43. The highest BCUT2D eigenvalue weighted by Crippen LogP contribution is 2.18. The summed E-state index contributed by atoms with van der Waals surface area (Å²) in [5.41, 5.74) is 0. The van der Waals surface area contributed by atoms with Crippen molar-refractivity contribution in [3.05, 3.63) is 0 Å². The van der Waals surface area contributed by atoms with Gasteiger partial charge in [0.05, 0.1) is 0 Å². The van der Waals surface area contributed by atoms with Crippen molar-refractivity contribution in [1.82, 2.24) is 0 Å². The van der Waals surface area contributed by atoms with Gasteiger partial charge in [-0.2, -0.15) is 0 Å². The van der Waals surface area contributed by atoms with E-state index in [1.807, 2.05) is 0 Å². The molecule has 0 aliphatic carbocycles. The maximum atomic E-state index is 12.8. The smallest absolute Gasteiger partial charge is 0.306 e. The number of esters is 3. The average molecular weight is 906 g/mol. The monoisotopic (exact) mass is 905 g/mol. The van der Waals surface area contributed by atoms with Crippen LogP contribution in [0.15, 0.2) is 0 Å². The van der Waals surface area contributed by atoms with Gasteiger partial charge in [0.2, 0.25) is 0 Å². The highest BCUT2D eigenvalue weighted by molar-refractivity contribution is 5.71. The van der Waals surface area contributed by atoms with Gasteiger partial charge in [0.25, 0.3) is 0 Å². The molecule has 0 heterocycles. The summed E-state index contributed by atoms with van der Waals surface area (Å²) < 4.78 is 16.9. The molecule has 0 saturated heterocycles. The van der Waals surface area contributed by atoms with E-state index in [2.05, 4.69) is 20.8 Å². The molecule has 0 spiro atoms. The van der Waals surface area contributed by atoms with Crippen LogP contribution in [-0.4, -0.2) is 37.2 Å². The highest BCUT2D eigenvalue weighted by Gasteiger charge is 2.19. The van der Waals surface area contributed by atoms with Gasteiger partial charge in [0.15, 0.2) is 6.10 Å². The van der Waals surface area contributed by atoms with Crippen LogP contribution in [0, 0.1) is 0 Å². The topological polar surface area (TPSA) is 78.9 Å². The number of hydrogen-bond acceptors (Lipinski definition) is 6. The summed E-state index contributed by atoms with van der Waals surface area (Å²) in [4.78, 5) is 38.1. The Morgan fingerprint density at radius 1 is 0.250 bits per heavy atom. The van der Waals surface area contributed by atoms with Crippen molar-refractivity contribution >= 4 is 17.9 Å². The molecule has 6 heteroatoms. The summed E-state index contributed by atoms with van der Waals surface area (Å²) >= 11 is 0. The maximum absolute atomic E-state index is 12.8. The fourth-order valence-electron chi connectivity index (χ4n) is 8.98. The van der Waals surface area contributed by atoms with Crippen LogP contribution < -0.4 is 0 Å². The van der Waals surface area contributed by atoms with Crippen LogP contribution in [0.25, 0.3) is 0 Å². The van der Waals surface area contributed by atoms with Crippen LogP contribution in [0.5, 0.6) is 0 Å². The Morgan fingerprint density at radius 3 is 0.625 bits per heavy atom. The first-order valence-corrected chi connectivity index (χ1v) is 29.0. The average Bonchev–Trinajstić information content (AvgIpc) is 3.29. The van der Waals surface area contributed by atoms with Crippen molar-refractivity contribution in [1.29, 1.82) is 0 Å². The Labute approximate surface area is 399 Å². The second-order valence-corrected chi connectivity index (χ2v) is 19.9. The van der Waals surface area contributed by atoms with Crippen molar-refractivity contribution in [2.75, 3.05) is 13.2 Å². The molecule has 0 unspecified atom stereocenters. The molecule has 0 N–H and O–H groups in total. The third kappa shape index (κ3) is 51.4. The van der Waals surface area contributed by atoms with E-state index in [4.69, 9.17) is 14.2 Å². The first-order valence-electron chi connectivity index (χ1n) is 29.0. The predicted molar refractivity (Wildman–Crippen MR) is 275 cm³/mol. The molecule has 0 rings (SSSR count). The van der Waals surface area contributed by atoms with Crippen LogP contribution in [0.2, 0.25) is 0 Å². The second-order valence-electron chi connectivity index (χ2n) is 19.9. The zero-order chi connectivity index (χ0) is 46.5. The lowest BCUT2D eigenvalue weighted by molar-refractivity contribution is -0.167. The number of carbonyl (C=O) groups excluding carboxylic acids is 3. The summed E-state index contributed by atoms with van der Waals surface area (Å²) in [7, 11) is 0. The molecule has 1 atom stereocenters. The quantitative estimate of drug-likeness (QED) is 0.0344. The second kappa shape index (κ2) is 54.0. The van der Waals surface area contributed by atoms with Gasteiger partial charge in [-0.3, -0.25) is 14.4 Å². The summed E-state index contributed by atoms with van der Waals surface area (Å²) in [6.45, 7) is 6.71. The molecule has 380 valence electrons. The molecule has 0 amide bonds. The van der Waals surface area contributed by atoms with E-state index in [0.29, 0.717) is 19.3 Å². The molecule has 0 aromatic carbocycles. The number of ether oxygens (including phenoxy) is 3. The lowest BCUT2D eigenvalue weighted by Crippen LogP contribution is -2.30. The van der Waals surface area contributed by atoms with Crippen molar-refractivity contribution in [2.24, 2.45) is 0 Å². The molecule has 0 aliphatic rings. The van der Waals surface area contributed by atoms with E-state index in [1.165, 1.54) is 238 Å². The van der Waals surface area contributed by atoms with E-state index in [0.717, 1.165) is 57.8 Å². The minimum Gasteiger partial charge on any atom is -0.462 e. The Kier molecular flexibility index (Phi) is 52.7. The molecule has 0 saturated carbocycles. The van der Waals surface area contributed by atoms with Crippen molar-refractivity contribution in [3.63, 3.8) is 0 Å². The largest absolute Gasteiger partial charge is 0.462 e. The minimum atomic E-state index is -0.761. The van der Waals surface area contributed by atoms with Gasteiger partial charge in [-0.25, -0.2) is 0 Å². The Morgan fingerprint density at radius 2 is 0.422 bits per heavy atom. The van der Waals surface area contributed by atoms with Crippen LogP contribution in [0.1, 0.15) is 335 Å². The zero-order valence-electron chi connectivity index (χ0n) is 43.6. The minimum absolute atomic E-state index is 0.0610. The van der Waals surface area contributed by atoms with Gasteiger partial charge in [0, 0.05) is 19.3 Å². The molecule has 0 radical (unpaired) electrons. The molecular weight excluding hydrogens is 793 g/mol. The van der Waals surface area contributed by atoms with E-state index in [9.17, 15) is 14.4 Å². The molecule has 0 bridgehead atoms. The van der Waals surface area contributed by atoms with Gasteiger partial charge in [0.1, 0.15) is 13.2 Å². The van der Waals surface area contributed by atoms with Crippen LogP contribution >= 0.6 is 0 Å². The zero-order valence-corrected chi connectivity index (χ0v) is 43.6. The first-order chi connectivity index (χ1) is 31.5. The number of hydrogen-bond donors (Lipinski definition) is 0. The lowest BCUT2D eigenvalue weighted by Gasteiger charge is -2.18. The van der Waals surface area contributed by atoms with Crippen molar-refractivity contribution < 1.29 is 28.6 Å². The number of carbonyl (C=O) groups is 3. The molecule has 0 aliphatic heterocycles. The van der Waals surface area contributed by atoms with E-state index in [-0.39, 0.29) is 31.1 Å². The normalized spacial score (nSPS) is 11.9. The van der Waals surface area contributed by atoms with Gasteiger partial charge >= 0.3 is 17.9 Å². The van der Waals surface area contributed by atoms with Gasteiger partial charge in [-0.1, -0.05) is 297 Å². The fourth-order valence-corrected chi connectivity index (χ4v) is 8.98. The van der Waals surface area contributed by atoms with Gasteiger partial charge in [-0.05, 0) is 19.3 Å². The molecular formula is C58H112O6. The lowest BCUT2D eigenvalue weighted by atomic mass is 10.0. The van der Waals surface area contributed by atoms with Crippen molar-refractivity contribution in [2.45, 2.75) is 341 Å². The Bertz CT molecular complexity index is 951. The molecule has 0 aromatic heterocycles. The van der Waals surface area contributed by atoms with Crippen LogP contribution in [0.4, 0.5) is 0 Å². The van der Waals surface area contributed by atoms with E-state index < -0.39 is 6.10 Å². The SMILES string of the molecule is CCCCCCCCCCCCCCCCCCCC(=O)O[C@H](COC(=O)CCCCCCCCCCCCCCC)COC(=O)CCCCCCCCCCCCCCCCCC. The fraction of sp³-hybridized carbons (Fsp3) is 0.948. The Hall–Kier alpha value is -1.59. The van der Waals surface area contributed by atoms with E-state index in [1.54, 1.807) is 0 Å². The van der Waals surface area contributed by atoms with Crippen molar-refractivity contribution in [3.8, 4) is 0 Å². The number of rotatable bonds is 54. The third-order valence-corrected chi connectivity index (χ3v) is 13.4. The van der Waals surface area contributed by atoms with Gasteiger partial charge in [-0.15, -0.1) is 0 Å². The molecule has 64 heavy (non-hydrogen) atoms. The van der Waals surface area contributed by atoms with E-state index >= 15 is 0 Å². The molecule has 0 fully saturated rings.